The van der Waals surface area contributed by atoms with Crippen molar-refractivity contribution in [2.75, 3.05) is 26.3 Å². The number of amides is 1. The number of nitrogens with one attached hydrogen (secondary N) is 1. The Morgan fingerprint density at radius 2 is 1.85 bits per heavy atom. The van der Waals surface area contributed by atoms with Crippen molar-refractivity contribution in [2.24, 2.45) is 0 Å². The maximum atomic E-state index is 12.5. The van der Waals surface area contributed by atoms with Gasteiger partial charge in [-0.3, -0.25) is 4.79 Å². The van der Waals surface area contributed by atoms with Crippen LogP contribution >= 0.6 is 15.9 Å². The summed E-state index contributed by atoms with van der Waals surface area (Å²) in [6.07, 6.45) is 1.93. The van der Waals surface area contributed by atoms with Crippen molar-refractivity contribution in [3.63, 3.8) is 0 Å². The van der Waals surface area contributed by atoms with Gasteiger partial charge >= 0.3 is 0 Å². The van der Waals surface area contributed by atoms with Crippen LogP contribution in [-0.2, 0) is 6.54 Å². The molecule has 1 N–H and O–H groups in total. The third-order valence-electron chi connectivity index (χ3n) is 5.05. The van der Waals surface area contributed by atoms with Crippen molar-refractivity contribution in [2.45, 2.75) is 25.4 Å². The van der Waals surface area contributed by atoms with Crippen LogP contribution in [0.3, 0.4) is 0 Å². The van der Waals surface area contributed by atoms with Gasteiger partial charge in [0.1, 0.15) is 13.2 Å². The number of hydrogen-bond acceptors (Lipinski definition) is 4. The molecule has 0 bridgehead atoms. The first-order valence-electron chi connectivity index (χ1n) is 9.36. The fraction of sp³-hybridized carbons (Fsp3) is 0.381. The van der Waals surface area contributed by atoms with E-state index in [1.807, 2.05) is 41.3 Å². The molecular formula is C21H23BrN2O3. The molecule has 1 saturated heterocycles. The van der Waals surface area contributed by atoms with E-state index in [0.29, 0.717) is 19.3 Å². The largest absolute Gasteiger partial charge is 0.486 e. The van der Waals surface area contributed by atoms with Crippen LogP contribution < -0.4 is 14.8 Å². The first-order chi connectivity index (χ1) is 13.2. The van der Waals surface area contributed by atoms with E-state index >= 15 is 0 Å². The number of piperidine rings is 1. The first kappa shape index (κ1) is 18.3. The molecule has 0 aromatic heterocycles. The number of carbonyl (C=O) groups is 1. The number of halogens is 1. The highest BCUT2D eigenvalue weighted by molar-refractivity contribution is 9.10. The van der Waals surface area contributed by atoms with E-state index in [4.69, 9.17) is 9.47 Å². The molecule has 0 radical (unpaired) electrons. The zero-order valence-electron chi connectivity index (χ0n) is 15.1. The van der Waals surface area contributed by atoms with Crippen LogP contribution in [0.5, 0.6) is 11.5 Å². The fourth-order valence-corrected chi connectivity index (χ4v) is 4.18. The Morgan fingerprint density at radius 1 is 1.11 bits per heavy atom. The predicted octanol–water partition coefficient (Wildman–Crippen LogP) is 3.61. The molecule has 2 aromatic carbocycles. The van der Waals surface area contributed by atoms with Gasteiger partial charge in [-0.1, -0.05) is 18.2 Å². The molecule has 0 unspecified atom stereocenters. The summed E-state index contributed by atoms with van der Waals surface area (Å²) < 4.78 is 12.3. The van der Waals surface area contributed by atoms with E-state index in [2.05, 4.69) is 27.3 Å². The molecule has 4 rings (SSSR count). The lowest BCUT2D eigenvalue weighted by Crippen LogP contribution is -2.44. The standard InChI is InChI=1S/C21H23BrN2O3/c22-18-12-15(13-19-20(18)27-11-10-26-19)14-23-17-6-8-24(9-7-17)21(25)16-4-2-1-3-5-16/h1-5,12-13,17,23H,6-11,14H2. The van der Waals surface area contributed by atoms with Crippen LogP contribution in [0, 0.1) is 0 Å². The number of fused-ring (bicyclic) bond motifs is 1. The van der Waals surface area contributed by atoms with Crippen molar-refractivity contribution in [1.29, 1.82) is 0 Å². The smallest absolute Gasteiger partial charge is 0.253 e. The highest BCUT2D eigenvalue weighted by Crippen LogP contribution is 2.38. The topological polar surface area (TPSA) is 50.8 Å². The van der Waals surface area contributed by atoms with Crippen LogP contribution in [0.15, 0.2) is 46.9 Å². The van der Waals surface area contributed by atoms with E-state index < -0.39 is 0 Å². The van der Waals surface area contributed by atoms with E-state index in [1.165, 1.54) is 0 Å². The normalized spacial score (nSPS) is 17.0. The number of ether oxygens (including phenoxy) is 2. The van der Waals surface area contributed by atoms with Gasteiger partial charge in [0.25, 0.3) is 5.91 Å². The molecule has 2 heterocycles. The summed E-state index contributed by atoms with van der Waals surface area (Å²) in [4.78, 5) is 14.5. The molecule has 5 nitrogen and oxygen atoms in total. The number of nitrogens with zero attached hydrogens (tertiary/aromatic N) is 1. The molecule has 0 aliphatic carbocycles. The second-order valence-electron chi connectivity index (χ2n) is 6.92. The monoisotopic (exact) mass is 430 g/mol. The first-order valence-corrected chi connectivity index (χ1v) is 10.2. The Bertz CT molecular complexity index is 805. The van der Waals surface area contributed by atoms with Crippen molar-refractivity contribution < 1.29 is 14.3 Å². The second-order valence-corrected chi connectivity index (χ2v) is 7.77. The van der Waals surface area contributed by atoms with E-state index in [9.17, 15) is 4.79 Å². The predicted molar refractivity (Wildman–Crippen MR) is 107 cm³/mol. The minimum Gasteiger partial charge on any atom is -0.486 e. The summed E-state index contributed by atoms with van der Waals surface area (Å²) in [5.41, 5.74) is 1.93. The van der Waals surface area contributed by atoms with Gasteiger partial charge in [0.2, 0.25) is 0 Å². The van der Waals surface area contributed by atoms with Crippen LogP contribution in [-0.4, -0.2) is 43.2 Å². The number of likely N-dealkylation sites (tertiary alicyclic amines) is 1. The Kier molecular flexibility index (Phi) is 5.64. The van der Waals surface area contributed by atoms with Crippen LogP contribution in [0.2, 0.25) is 0 Å². The quantitative estimate of drug-likeness (QED) is 0.804. The molecule has 2 aromatic rings. The highest BCUT2D eigenvalue weighted by Gasteiger charge is 2.23. The maximum absolute atomic E-state index is 12.5. The van der Waals surface area contributed by atoms with E-state index in [1.54, 1.807) is 0 Å². The molecule has 6 heteroatoms. The Balaban J connectivity index is 1.30. The lowest BCUT2D eigenvalue weighted by molar-refractivity contribution is 0.0704. The Labute approximate surface area is 167 Å². The molecule has 2 aliphatic heterocycles. The van der Waals surface area contributed by atoms with Crippen LogP contribution in [0.25, 0.3) is 0 Å². The van der Waals surface area contributed by atoms with Crippen molar-refractivity contribution in [3.05, 3.63) is 58.1 Å². The van der Waals surface area contributed by atoms with Gasteiger partial charge < -0.3 is 19.7 Å². The maximum Gasteiger partial charge on any atom is 0.253 e. The number of carbonyl (C=O) groups excluding carboxylic acids is 1. The molecule has 142 valence electrons. The summed E-state index contributed by atoms with van der Waals surface area (Å²) in [5, 5.41) is 3.62. The van der Waals surface area contributed by atoms with Gasteiger partial charge in [0, 0.05) is 31.2 Å². The van der Waals surface area contributed by atoms with Gasteiger partial charge in [0.15, 0.2) is 11.5 Å². The average Bonchev–Trinajstić information content (AvgIpc) is 2.73. The minimum atomic E-state index is 0.129. The molecule has 1 amide bonds. The van der Waals surface area contributed by atoms with Crippen LogP contribution in [0.4, 0.5) is 0 Å². The average molecular weight is 431 g/mol. The van der Waals surface area contributed by atoms with Crippen molar-refractivity contribution >= 4 is 21.8 Å². The van der Waals surface area contributed by atoms with Gasteiger partial charge in [-0.2, -0.15) is 0 Å². The summed E-state index contributed by atoms with van der Waals surface area (Å²) in [6, 6.07) is 14.0. The molecule has 27 heavy (non-hydrogen) atoms. The van der Waals surface area contributed by atoms with Gasteiger partial charge in [-0.15, -0.1) is 0 Å². The van der Waals surface area contributed by atoms with Crippen LogP contribution in [0.1, 0.15) is 28.8 Å². The Hall–Kier alpha value is -2.05. The zero-order chi connectivity index (χ0) is 18.6. The number of benzene rings is 2. The van der Waals surface area contributed by atoms with E-state index in [0.717, 1.165) is 59.6 Å². The lowest BCUT2D eigenvalue weighted by atomic mass is 10.0. The molecule has 1 fully saturated rings. The summed E-state index contributed by atoms with van der Waals surface area (Å²) in [7, 11) is 0. The van der Waals surface area contributed by atoms with Gasteiger partial charge in [-0.05, 0) is 58.6 Å². The summed E-state index contributed by atoms with van der Waals surface area (Å²) >= 11 is 3.57. The highest BCUT2D eigenvalue weighted by atomic mass is 79.9. The number of rotatable bonds is 4. The molecular weight excluding hydrogens is 408 g/mol. The summed E-state index contributed by atoms with van der Waals surface area (Å²) in [6.45, 7) is 3.52. The number of hydrogen-bond donors (Lipinski definition) is 1. The fourth-order valence-electron chi connectivity index (χ4n) is 3.58. The van der Waals surface area contributed by atoms with Gasteiger partial charge in [0.05, 0.1) is 4.47 Å². The Morgan fingerprint density at radius 3 is 2.63 bits per heavy atom. The van der Waals surface area contributed by atoms with Crippen molar-refractivity contribution in [1.82, 2.24) is 10.2 Å². The minimum absolute atomic E-state index is 0.129. The second kappa shape index (κ2) is 8.31. The lowest BCUT2D eigenvalue weighted by Gasteiger charge is -2.32. The summed E-state index contributed by atoms with van der Waals surface area (Å²) in [5.74, 6) is 1.72. The molecule has 0 atom stereocenters. The third kappa shape index (κ3) is 4.28. The SMILES string of the molecule is O=C(c1ccccc1)N1CCC(NCc2cc(Br)c3c(c2)OCCO3)CC1. The molecule has 2 aliphatic rings. The third-order valence-corrected chi connectivity index (χ3v) is 5.64. The van der Waals surface area contributed by atoms with Gasteiger partial charge in [-0.25, -0.2) is 0 Å². The zero-order valence-corrected chi connectivity index (χ0v) is 16.7. The van der Waals surface area contributed by atoms with Crippen molar-refractivity contribution in [3.8, 4) is 11.5 Å². The molecule has 0 spiro atoms. The van der Waals surface area contributed by atoms with E-state index in [-0.39, 0.29) is 5.91 Å². The molecule has 0 saturated carbocycles.